The van der Waals surface area contributed by atoms with Crippen LogP contribution in [0.15, 0.2) is 30.5 Å². The predicted molar refractivity (Wildman–Crippen MR) is 83.3 cm³/mol. The molecule has 2 aromatic rings. The van der Waals surface area contributed by atoms with Gasteiger partial charge in [-0.05, 0) is 18.6 Å². The standard InChI is InChI=1S/C14H16ClN3OS/c1-9(16)6-13(19)18-14-17-8-11(20-14)7-10-4-2-3-5-12(10)15/h2-5,8-9H,6-7,16H2,1H3,(H,17,18,19). The summed E-state index contributed by atoms with van der Waals surface area (Å²) in [5, 5.41) is 4.08. The summed E-state index contributed by atoms with van der Waals surface area (Å²) < 4.78 is 0. The number of anilines is 1. The Morgan fingerprint density at radius 2 is 2.25 bits per heavy atom. The Balaban J connectivity index is 1.99. The molecule has 1 aromatic heterocycles. The molecule has 6 heteroatoms. The van der Waals surface area contributed by atoms with Crippen molar-refractivity contribution in [2.24, 2.45) is 5.73 Å². The first kappa shape index (κ1) is 15.0. The van der Waals surface area contributed by atoms with Crippen LogP contribution in [0.5, 0.6) is 0 Å². The third kappa shape index (κ3) is 4.30. The molecule has 0 radical (unpaired) electrons. The van der Waals surface area contributed by atoms with Gasteiger partial charge in [-0.3, -0.25) is 4.79 Å². The van der Waals surface area contributed by atoms with Crippen molar-refractivity contribution in [1.82, 2.24) is 4.98 Å². The summed E-state index contributed by atoms with van der Waals surface area (Å²) in [6, 6.07) is 7.54. The predicted octanol–water partition coefficient (Wildman–Crippen LogP) is 3.06. The van der Waals surface area contributed by atoms with Crippen molar-refractivity contribution >= 4 is 34.0 Å². The van der Waals surface area contributed by atoms with Gasteiger partial charge in [0.1, 0.15) is 0 Å². The third-order valence-electron chi connectivity index (χ3n) is 2.63. The van der Waals surface area contributed by atoms with E-state index in [1.807, 2.05) is 24.3 Å². The van der Waals surface area contributed by atoms with Crippen molar-refractivity contribution < 1.29 is 4.79 Å². The van der Waals surface area contributed by atoms with Crippen molar-refractivity contribution in [3.8, 4) is 0 Å². The third-order valence-corrected chi connectivity index (χ3v) is 3.91. The molecule has 1 atom stereocenters. The number of carbonyl (C=O) groups excluding carboxylic acids is 1. The second-order valence-corrected chi connectivity index (χ2v) is 6.15. The number of benzene rings is 1. The lowest BCUT2D eigenvalue weighted by atomic mass is 10.1. The zero-order valence-electron chi connectivity index (χ0n) is 11.1. The number of hydrogen-bond acceptors (Lipinski definition) is 4. The number of hydrogen-bond donors (Lipinski definition) is 2. The molecule has 0 saturated carbocycles. The molecule has 0 spiro atoms. The topological polar surface area (TPSA) is 68.0 Å². The second-order valence-electron chi connectivity index (χ2n) is 4.63. The Kier molecular flexibility index (Phi) is 5.11. The molecule has 20 heavy (non-hydrogen) atoms. The van der Waals surface area contributed by atoms with E-state index in [9.17, 15) is 4.79 Å². The molecular formula is C14H16ClN3OS. The van der Waals surface area contributed by atoms with Gasteiger partial charge in [0.25, 0.3) is 0 Å². The molecule has 0 fully saturated rings. The lowest BCUT2D eigenvalue weighted by molar-refractivity contribution is -0.116. The molecule has 4 nitrogen and oxygen atoms in total. The van der Waals surface area contributed by atoms with Crippen LogP contribution in [-0.4, -0.2) is 16.9 Å². The molecule has 1 amide bonds. The van der Waals surface area contributed by atoms with Crippen LogP contribution in [0.1, 0.15) is 23.8 Å². The highest BCUT2D eigenvalue weighted by atomic mass is 35.5. The smallest absolute Gasteiger partial charge is 0.227 e. The van der Waals surface area contributed by atoms with Crippen molar-refractivity contribution in [3.63, 3.8) is 0 Å². The molecular weight excluding hydrogens is 294 g/mol. The van der Waals surface area contributed by atoms with Gasteiger partial charge in [-0.2, -0.15) is 0 Å². The van der Waals surface area contributed by atoms with Gasteiger partial charge >= 0.3 is 0 Å². The zero-order chi connectivity index (χ0) is 14.5. The summed E-state index contributed by atoms with van der Waals surface area (Å²) in [4.78, 5) is 16.8. The first-order valence-corrected chi connectivity index (χ1v) is 7.47. The lowest BCUT2D eigenvalue weighted by Crippen LogP contribution is -2.23. The van der Waals surface area contributed by atoms with E-state index in [2.05, 4.69) is 10.3 Å². The molecule has 2 rings (SSSR count). The first-order chi connectivity index (χ1) is 9.54. The quantitative estimate of drug-likeness (QED) is 0.892. The van der Waals surface area contributed by atoms with Gasteiger partial charge in [-0.1, -0.05) is 29.8 Å². The normalized spacial score (nSPS) is 12.2. The number of nitrogens with zero attached hydrogens (tertiary/aromatic N) is 1. The van der Waals surface area contributed by atoms with Crippen molar-refractivity contribution in [2.75, 3.05) is 5.32 Å². The fourth-order valence-electron chi connectivity index (χ4n) is 1.74. The summed E-state index contributed by atoms with van der Waals surface area (Å²) >= 11 is 7.57. The maximum Gasteiger partial charge on any atom is 0.227 e. The van der Waals surface area contributed by atoms with Crippen LogP contribution < -0.4 is 11.1 Å². The Morgan fingerprint density at radius 1 is 1.50 bits per heavy atom. The van der Waals surface area contributed by atoms with E-state index in [1.165, 1.54) is 11.3 Å². The summed E-state index contributed by atoms with van der Waals surface area (Å²) in [6.07, 6.45) is 2.76. The summed E-state index contributed by atoms with van der Waals surface area (Å²) in [6.45, 7) is 1.80. The van der Waals surface area contributed by atoms with Crippen LogP contribution in [-0.2, 0) is 11.2 Å². The Hall–Kier alpha value is -1.43. The maximum atomic E-state index is 11.6. The number of rotatable bonds is 5. The van der Waals surface area contributed by atoms with E-state index in [-0.39, 0.29) is 11.9 Å². The Morgan fingerprint density at radius 3 is 2.95 bits per heavy atom. The molecule has 0 aliphatic rings. The molecule has 0 saturated heterocycles. The Bertz CT molecular complexity index is 598. The second kappa shape index (κ2) is 6.83. The van der Waals surface area contributed by atoms with Crippen LogP contribution in [0.25, 0.3) is 0 Å². The van der Waals surface area contributed by atoms with Crippen LogP contribution >= 0.6 is 22.9 Å². The van der Waals surface area contributed by atoms with Gasteiger partial charge in [0.2, 0.25) is 5.91 Å². The maximum absolute atomic E-state index is 11.6. The minimum Gasteiger partial charge on any atom is -0.327 e. The molecule has 0 aliphatic heterocycles. The summed E-state index contributed by atoms with van der Waals surface area (Å²) in [5.41, 5.74) is 6.63. The Labute approximate surface area is 127 Å². The fourth-order valence-corrected chi connectivity index (χ4v) is 2.79. The zero-order valence-corrected chi connectivity index (χ0v) is 12.7. The van der Waals surface area contributed by atoms with Crippen molar-refractivity contribution in [1.29, 1.82) is 0 Å². The van der Waals surface area contributed by atoms with E-state index >= 15 is 0 Å². The number of carbonyl (C=O) groups is 1. The largest absolute Gasteiger partial charge is 0.327 e. The molecule has 0 aliphatic carbocycles. The minimum absolute atomic E-state index is 0.112. The van der Waals surface area contributed by atoms with E-state index < -0.39 is 0 Å². The monoisotopic (exact) mass is 309 g/mol. The van der Waals surface area contributed by atoms with Gasteiger partial charge in [0.15, 0.2) is 5.13 Å². The van der Waals surface area contributed by atoms with E-state index in [0.717, 1.165) is 15.5 Å². The average molecular weight is 310 g/mol. The van der Waals surface area contributed by atoms with E-state index in [4.69, 9.17) is 17.3 Å². The van der Waals surface area contributed by atoms with Crippen LogP contribution in [0.4, 0.5) is 5.13 Å². The highest BCUT2D eigenvalue weighted by molar-refractivity contribution is 7.15. The van der Waals surface area contributed by atoms with Gasteiger partial charge in [0, 0.05) is 35.0 Å². The SMILES string of the molecule is CC(N)CC(=O)Nc1ncc(Cc2ccccc2Cl)s1. The van der Waals surface area contributed by atoms with E-state index in [1.54, 1.807) is 13.1 Å². The number of nitrogens with one attached hydrogen (secondary N) is 1. The number of nitrogens with two attached hydrogens (primary N) is 1. The van der Waals surface area contributed by atoms with Gasteiger partial charge < -0.3 is 11.1 Å². The first-order valence-electron chi connectivity index (χ1n) is 6.28. The molecule has 1 unspecified atom stereocenters. The van der Waals surface area contributed by atoms with Crippen LogP contribution in [0.2, 0.25) is 5.02 Å². The number of halogens is 1. The molecule has 1 heterocycles. The van der Waals surface area contributed by atoms with Crippen molar-refractivity contribution in [2.45, 2.75) is 25.8 Å². The number of amides is 1. The fraction of sp³-hybridized carbons (Fsp3) is 0.286. The van der Waals surface area contributed by atoms with E-state index in [0.29, 0.717) is 18.0 Å². The molecule has 1 aromatic carbocycles. The summed E-state index contributed by atoms with van der Waals surface area (Å²) in [5.74, 6) is -0.112. The summed E-state index contributed by atoms with van der Waals surface area (Å²) in [7, 11) is 0. The molecule has 0 bridgehead atoms. The lowest BCUT2D eigenvalue weighted by Gasteiger charge is -2.03. The molecule has 3 N–H and O–H groups in total. The van der Waals surface area contributed by atoms with Crippen LogP contribution in [0, 0.1) is 0 Å². The van der Waals surface area contributed by atoms with Crippen LogP contribution in [0.3, 0.4) is 0 Å². The number of thiazole rings is 1. The number of aromatic nitrogens is 1. The van der Waals surface area contributed by atoms with Gasteiger partial charge in [0.05, 0.1) is 0 Å². The highest BCUT2D eigenvalue weighted by Gasteiger charge is 2.09. The highest BCUT2D eigenvalue weighted by Crippen LogP contribution is 2.24. The molecule has 106 valence electrons. The van der Waals surface area contributed by atoms with Gasteiger partial charge in [-0.25, -0.2) is 4.98 Å². The van der Waals surface area contributed by atoms with Crippen molar-refractivity contribution in [3.05, 3.63) is 45.9 Å². The average Bonchev–Trinajstić information content (AvgIpc) is 2.78. The van der Waals surface area contributed by atoms with Gasteiger partial charge in [-0.15, -0.1) is 11.3 Å². The minimum atomic E-state index is -0.155.